The average molecular weight is 192 g/mol. The minimum atomic E-state index is 0.682. The van der Waals surface area contributed by atoms with E-state index in [0.29, 0.717) is 6.54 Å². The predicted octanol–water partition coefficient (Wildman–Crippen LogP) is 1.84. The van der Waals surface area contributed by atoms with Crippen molar-refractivity contribution in [3.05, 3.63) is 36.0 Å². The van der Waals surface area contributed by atoms with E-state index in [1.807, 2.05) is 22.3 Å². The minimum Gasteiger partial charge on any atom is -0.330 e. The number of aromatic nitrogens is 1. The van der Waals surface area contributed by atoms with Crippen LogP contribution in [0.15, 0.2) is 30.5 Å². The molecule has 0 aliphatic carbocycles. The van der Waals surface area contributed by atoms with Gasteiger partial charge in [0.25, 0.3) is 0 Å². The van der Waals surface area contributed by atoms with Crippen molar-refractivity contribution in [3.63, 3.8) is 0 Å². The van der Waals surface area contributed by atoms with Gasteiger partial charge in [-0.05, 0) is 24.6 Å². The molecule has 0 saturated carbocycles. The van der Waals surface area contributed by atoms with Crippen LogP contribution >= 0.6 is 12.8 Å². The van der Waals surface area contributed by atoms with Crippen LogP contribution in [0.4, 0.5) is 0 Å². The number of nitrogens with two attached hydrogens (primary N) is 1. The topological polar surface area (TPSA) is 30.9 Å². The molecule has 2 nitrogen and oxygen atoms in total. The summed E-state index contributed by atoms with van der Waals surface area (Å²) >= 11 is 4.34. The monoisotopic (exact) mass is 192 g/mol. The molecule has 0 spiro atoms. The maximum atomic E-state index is 5.53. The molecule has 3 heteroatoms. The second kappa shape index (κ2) is 3.44. The van der Waals surface area contributed by atoms with E-state index in [0.717, 1.165) is 11.9 Å². The first-order valence-electron chi connectivity index (χ1n) is 4.31. The molecule has 0 unspecified atom stereocenters. The zero-order chi connectivity index (χ0) is 9.26. The molecule has 0 bridgehead atoms. The zero-order valence-electron chi connectivity index (χ0n) is 7.27. The fraction of sp³-hybridized carbons (Fsp3) is 0.200. The average Bonchev–Trinajstić information content (AvgIpc) is 2.46. The highest BCUT2D eigenvalue weighted by molar-refractivity contribution is 7.78. The van der Waals surface area contributed by atoms with Gasteiger partial charge in [0.1, 0.15) is 0 Å². The van der Waals surface area contributed by atoms with Gasteiger partial charge in [0.15, 0.2) is 0 Å². The van der Waals surface area contributed by atoms with E-state index in [1.54, 1.807) is 0 Å². The van der Waals surface area contributed by atoms with E-state index in [2.05, 4.69) is 24.9 Å². The molecule has 0 radical (unpaired) electrons. The van der Waals surface area contributed by atoms with E-state index in [-0.39, 0.29) is 0 Å². The first-order chi connectivity index (χ1) is 6.33. The highest BCUT2D eigenvalue weighted by Gasteiger charge is 2.04. The molecule has 0 fully saturated rings. The van der Waals surface area contributed by atoms with Gasteiger partial charge in [-0.25, -0.2) is 0 Å². The van der Waals surface area contributed by atoms with Gasteiger partial charge in [0.05, 0.1) is 5.52 Å². The number of para-hydroxylation sites is 1. The molecule has 68 valence electrons. The third-order valence-electron chi connectivity index (χ3n) is 2.19. The zero-order valence-corrected chi connectivity index (χ0v) is 8.17. The minimum absolute atomic E-state index is 0.682. The van der Waals surface area contributed by atoms with Gasteiger partial charge in [-0.2, -0.15) is 0 Å². The lowest BCUT2D eigenvalue weighted by Crippen LogP contribution is -2.01. The summed E-state index contributed by atoms with van der Waals surface area (Å²) in [4.78, 5) is 0. The fourth-order valence-corrected chi connectivity index (χ4v) is 1.90. The Bertz CT molecular complexity index is 420. The summed E-state index contributed by atoms with van der Waals surface area (Å²) in [7, 11) is 0. The summed E-state index contributed by atoms with van der Waals surface area (Å²) in [6.45, 7) is 0.682. The lowest BCUT2D eigenvalue weighted by atomic mass is 10.1. The summed E-state index contributed by atoms with van der Waals surface area (Å²) in [5.41, 5.74) is 7.95. The van der Waals surface area contributed by atoms with Gasteiger partial charge < -0.3 is 5.73 Å². The van der Waals surface area contributed by atoms with Crippen LogP contribution in [-0.2, 0) is 6.42 Å². The van der Waals surface area contributed by atoms with Gasteiger partial charge in [0, 0.05) is 11.6 Å². The van der Waals surface area contributed by atoms with E-state index < -0.39 is 0 Å². The van der Waals surface area contributed by atoms with Crippen molar-refractivity contribution in [2.45, 2.75) is 6.42 Å². The lowest BCUT2D eigenvalue weighted by Gasteiger charge is -1.94. The van der Waals surface area contributed by atoms with Crippen LogP contribution in [0.25, 0.3) is 10.9 Å². The Labute approximate surface area is 82.9 Å². The second-order valence-corrected chi connectivity index (χ2v) is 3.49. The molecule has 0 atom stereocenters. The van der Waals surface area contributed by atoms with Crippen molar-refractivity contribution in [1.82, 2.24) is 3.97 Å². The van der Waals surface area contributed by atoms with Crippen LogP contribution < -0.4 is 5.73 Å². The SMILES string of the molecule is NCCc1cn(S)c2ccccc12. The van der Waals surface area contributed by atoms with Crippen molar-refractivity contribution >= 4 is 23.7 Å². The molecular weight excluding hydrogens is 180 g/mol. The smallest absolute Gasteiger partial charge is 0.0591 e. The van der Waals surface area contributed by atoms with Crippen LogP contribution in [0.1, 0.15) is 5.56 Å². The molecule has 2 N–H and O–H groups in total. The number of hydrogen-bond acceptors (Lipinski definition) is 2. The Morgan fingerprint density at radius 3 is 2.85 bits per heavy atom. The number of nitrogens with zero attached hydrogens (tertiary/aromatic N) is 1. The van der Waals surface area contributed by atoms with Crippen molar-refractivity contribution in [2.24, 2.45) is 5.73 Å². The third kappa shape index (κ3) is 1.45. The predicted molar refractivity (Wildman–Crippen MR) is 59.1 cm³/mol. The van der Waals surface area contributed by atoms with Crippen molar-refractivity contribution < 1.29 is 0 Å². The number of benzene rings is 1. The summed E-state index contributed by atoms with van der Waals surface area (Å²) in [5, 5.41) is 1.25. The fourth-order valence-electron chi connectivity index (χ4n) is 1.59. The largest absolute Gasteiger partial charge is 0.330 e. The van der Waals surface area contributed by atoms with Crippen molar-refractivity contribution in [2.75, 3.05) is 6.54 Å². The van der Waals surface area contributed by atoms with E-state index >= 15 is 0 Å². The van der Waals surface area contributed by atoms with E-state index in [1.165, 1.54) is 10.9 Å². The van der Waals surface area contributed by atoms with Gasteiger partial charge in [-0.15, -0.1) is 0 Å². The number of rotatable bonds is 2. The van der Waals surface area contributed by atoms with E-state index in [4.69, 9.17) is 5.73 Å². The Hall–Kier alpha value is -0.930. The standard InChI is InChI=1S/C10H12N2S/c11-6-5-8-7-12(13)10-4-2-1-3-9(8)10/h1-4,7,13H,5-6,11H2. The summed E-state index contributed by atoms with van der Waals surface area (Å²) in [5.74, 6) is 0. The molecule has 0 aliphatic rings. The molecular formula is C10H12N2S. The maximum absolute atomic E-state index is 5.53. The Balaban J connectivity index is 2.63. The van der Waals surface area contributed by atoms with Crippen LogP contribution in [0.3, 0.4) is 0 Å². The van der Waals surface area contributed by atoms with Gasteiger partial charge in [-0.1, -0.05) is 31.0 Å². The molecule has 0 aliphatic heterocycles. The molecule has 0 amide bonds. The van der Waals surface area contributed by atoms with E-state index in [9.17, 15) is 0 Å². The quantitative estimate of drug-likeness (QED) is 0.699. The summed E-state index contributed by atoms with van der Waals surface area (Å²) < 4.78 is 1.85. The number of hydrogen-bond donors (Lipinski definition) is 2. The Kier molecular flexibility index (Phi) is 2.29. The highest BCUT2D eigenvalue weighted by Crippen LogP contribution is 2.21. The first kappa shape index (κ1) is 8.66. The number of thiol groups is 1. The Morgan fingerprint density at radius 1 is 1.31 bits per heavy atom. The molecule has 13 heavy (non-hydrogen) atoms. The molecule has 1 aromatic carbocycles. The van der Waals surface area contributed by atoms with Crippen LogP contribution in [0, 0.1) is 0 Å². The molecule has 1 heterocycles. The van der Waals surface area contributed by atoms with Crippen molar-refractivity contribution in [3.8, 4) is 0 Å². The van der Waals surface area contributed by atoms with Crippen LogP contribution in [-0.4, -0.2) is 10.5 Å². The van der Waals surface area contributed by atoms with Crippen LogP contribution in [0.5, 0.6) is 0 Å². The molecule has 2 rings (SSSR count). The van der Waals surface area contributed by atoms with Gasteiger partial charge in [0.2, 0.25) is 0 Å². The van der Waals surface area contributed by atoms with Gasteiger partial charge in [-0.3, -0.25) is 3.97 Å². The second-order valence-electron chi connectivity index (χ2n) is 3.05. The number of fused-ring (bicyclic) bond motifs is 1. The normalized spacial score (nSPS) is 10.9. The molecule has 1 aromatic heterocycles. The third-order valence-corrected chi connectivity index (χ3v) is 2.52. The van der Waals surface area contributed by atoms with Crippen LogP contribution in [0.2, 0.25) is 0 Å². The van der Waals surface area contributed by atoms with Gasteiger partial charge >= 0.3 is 0 Å². The lowest BCUT2D eigenvalue weighted by molar-refractivity contribution is 0.975. The summed E-state index contributed by atoms with van der Waals surface area (Å²) in [6, 6.07) is 8.22. The highest BCUT2D eigenvalue weighted by atomic mass is 32.1. The van der Waals surface area contributed by atoms with Crippen molar-refractivity contribution in [1.29, 1.82) is 0 Å². The summed E-state index contributed by atoms with van der Waals surface area (Å²) in [6.07, 6.45) is 2.94. The molecule has 2 aromatic rings. The molecule has 0 saturated heterocycles. The Morgan fingerprint density at radius 2 is 2.08 bits per heavy atom. The first-order valence-corrected chi connectivity index (χ1v) is 4.71. The maximum Gasteiger partial charge on any atom is 0.0591 e.